The Bertz CT molecular complexity index is 835. The molecule has 1 aliphatic heterocycles. The molecule has 1 aromatic carbocycles. The molecule has 0 unspecified atom stereocenters. The fraction of sp³-hybridized carbons (Fsp3) is 0.409. The van der Waals surface area contributed by atoms with E-state index in [1.54, 1.807) is 29.1 Å². The van der Waals surface area contributed by atoms with E-state index in [2.05, 4.69) is 42.3 Å². The van der Waals surface area contributed by atoms with Gasteiger partial charge >= 0.3 is 0 Å². The minimum absolute atomic E-state index is 0.0427. The van der Waals surface area contributed by atoms with Gasteiger partial charge in [-0.2, -0.15) is 0 Å². The molecule has 2 heterocycles. The van der Waals surface area contributed by atoms with E-state index in [9.17, 15) is 9.59 Å². The zero-order chi connectivity index (χ0) is 20.1. The zero-order valence-electron chi connectivity index (χ0n) is 16.9. The van der Waals surface area contributed by atoms with Gasteiger partial charge in [-0.3, -0.25) is 14.6 Å². The molecule has 28 heavy (non-hydrogen) atoms. The maximum Gasteiger partial charge on any atom is 0.255 e. The number of pyridine rings is 1. The molecule has 0 aliphatic carbocycles. The number of anilines is 2. The van der Waals surface area contributed by atoms with Crippen LogP contribution in [-0.4, -0.2) is 52.8 Å². The van der Waals surface area contributed by atoms with Gasteiger partial charge in [0.2, 0.25) is 5.91 Å². The van der Waals surface area contributed by atoms with E-state index in [-0.39, 0.29) is 11.8 Å². The number of amides is 2. The van der Waals surface area contributed by atoms with Gasteiger partial charge < -0.3 is 15.1 Å². The smallest absolute Gasteiger partial charge is 0.255 e. The lowest BCUT2D eigenvalue weighted by atomic mass is 10.0. The molecule has 1 N–H and O–H groups in total. The number of benzene rings is 1. The highest BCUT2D eigenvalue weighted by molar-refractivity contribution is 5.95. The number of nitrogens with zero attached hydrogens (tertiary/aromatic N) is 3. The van der Waals surface area contributed by atoms with Gasteiger partial charge in [0.25, 0.3) is 5.91 Å². The fourth-order valence-corrected chi connectivity index (χ4v) is 3.58. The maximum atomic E-state index is 12.9. The summed E-state index contributed by atoms with van der Waals surface area (Å²) in [5, 5.41) is 3.48. The summed E-state index contributed by atoms with van der Waals surface area (Å²) < 4.78 is 0. The third-order valence-electron chi connectivity index (χ3n) is 5.27. The molecule has 148 valence electrons. The van der Waals surface area contributed by atoms with E-state index < -0.39 is 0 Å². The highest BCUT2D eigenvalue weighted by Gasteiger charge is 2.23. The summed E-state index contributed by atoms with van der Waals surface area (Å²) in [4.78, 5) is 32.2. The third kappa shape index (κ3) is 4.32. The fourth-order valence-electron chi connectivity index (χ4n) is 3.58. The Hall–Kier alpha value is -2.89. The molecule has 0 bridgehead atoms. The van der Waals surface area contributed by atoms with E-state index in [1.165, 1.54) is 11.1 Å². The van der Waals surface area contributed by atoms with Crippen LogP contribution < -0.4 is 5.32 Å². The van der Waals surface area contributed by atoms with Crippen molar-refractivity contribution in [3.63, 3.8) is 0 Å². The first-order chi connectivity index (χ1) is 13.5. The van der Waals surface area contributed by atoms with Crippen LogP contribution in [0.5, 0.6) is 0 Å². The Morgan fingerprint density at radius 2 is 1.61 bits per heavy atom. The van der Waals surface area contributed by atoms with Crippen molar-refractivity contribution in [3.8, 4) is 0 Å². The maximum absolute atomic E-state index is 12.9. The summed E-state index contributed by atoms with van der Waals surface area (Å²) in [6.45, 7) is 8.10. The van der Waals surface area contributed by atoms with Crippen molar-refractivity contribution in [3.05, 3.63) is 53.3 Å². The van der Waals surface area contributed by atoms with Crippen LogP contribution in [0.1, 0.15) is 42.3 Å². The van der Waals surface area contributed by atoms with Gasteiger partial charge in [0.15, 0.2) is 0 Å². The largest absolute Gasteiger partial charge is 0.354 e. The van der Waals surface area contributed by atoms with Gasteiger partial charge in [-0.15, -0.1) is 0 Å². The van der Waals surface area contributed by atoms with E-state index in [4.69, 9.17) is 0 Å². The van der Waals surface area contributed by atoms with Crippen molar-refractivity contribution >= 4 is 23.2 Å². The van der Waals surface area contributed by atoms with Crippen LogP contribution in [0.25, 0.3) is 0 Å². The number of nitrogens with one attached hydrogen (secondary N) is 1. The van der Waals surface area contributed by atoms with Gasteiger partial charge in [-0.05, 0) is 30.0 Å². The number of aromatic nitrogens is 1. The molecular formula is C22H28N4O2. The van der Waals surface area contributed by atoms with Crippen LogP contribution in [0.3, 0.4) is 0 Å². The van der Waals surface area contributed by atoms with Crippen molar-refractivity contribution in [1.82, 2.24) is 14.8 Å². The standard InChI is InChI=1S/C22H28N4O2/c1-4-17-7-6-8-18(5-2)21(17)24-20-13-19(14-23-15-20)22(28)26-11-9-25(10-12-26)16(3)27/h6-8,13-15,24H,4-5,9-12H2,1-3H3. The molecule has 6 nitrogen and oxygen atoms in total. The molecular weight excluding hydrogens is 352 g/mol. The van der Waals surface area contributed by atoms with Crippen LogP contribution in [0.15, 0.2) is 36.7 Å². The topological polar surface area (TPSA) is 65.5 Å². The molecule has 3 rings (SSSR count). The highest BCUT2D eigenvalue weighted by Crippen LogP contribution is 2.26. The Morgan fingerprint density at radius 3 is 2.18 bits per heavy atom. The first-order valence-electron chi connectivity index (χ1n) is 9.91. The summed E-state index contributed by atoms with van der Waals surface area (Å²) in [6.07, 6.45) is 5.22. The Labute approximate surface area is 166 Å². The van der Waals surface area contributed by atoms with Crippen LogP contribution in [0, 0.1) is 0 Å². The Morgan fingerprint density at radius 1 is 1.00 bits per heavy atom. The molecule has 0 radical (unpaired) electrons. The van der Waals surface area contributed by atoms with E-state index in [0.29, 0.717) is 31.7 Å². The molecule has 1 aliphatic rings. The highest BCUT2D eigenvalue weighted by atomic mass is 16.2. The molecule has 0 saturated carbocycles. The minimum Gasteiger partial charge on any atom is -0.354 e. The quantitative estimate of drug-likeness (QED) is 0.865. The second-order valence-electron chi connectivity index (χ2n) is 7.04. The molecule has 1 fully saturated rings. The van der Waals surface area contributed by atoms with E-state index in [0.717, 1.165) is 24.2 Å². The Kier molecular flexibility index (Phi) is 6.29. The second-order valence-corrected chi connectivity index (χ2v) is 7.04. The zero-order valence-corrected chi connectivity index (χ0v) is 16.9. The van der Waals surface area contributed by atoms with Crippen molar-refractivity contribution in [2.24, 2.45) is 0 Å². The normalized spacial score (nSPS) is 14.1. The summed E-state index contributed by atoms with van der Waals surface area (Å²) >= 11 is 0. The van der Waals surface area contributed by atoms with Gasteiger partial charge in [0.1, 0.15) is 0 Å². The molecule has 1 saturated heterocycles. The van der Waals surface area contributed by atoms with Crippen molar-refractivity contribution in [2.75, 3.05) is 31.5 Å². The van der Waals surface area contributed by atoms with Crippen LogP contribution in [0.2, 0.25) is 0 Å². The Balaban J connectivity index is 1.76. The van der Waals surface area contributed by atoms with Gasteiger partial charge in [-0.25, -0.2) is 0 Å². The molecule has 6 heteroatoms. The number of rotatable bonds is 5. The van der Waals surface area contributed by atoms with E-state index >= 15 is 0 Å². The summed E-state index contributed by atoms with van der Waals surface area (Å²) in [5.74, 6) is 0.0140. The molecule has 2 aromatic rings. The van der Waals surface area contributed by atoms with Gasteiger partial charge in [0.05, 0.1) is 17.4 Å². The summed E-state index contributed by atoms with van der Waals surface area (Å²) in [6, 6.07) is 8.19. The van der Waals surface area contributed by atoms with Crippen LogP contribution >= 0.6 is 0 Å². The number of hydrogen-bond donors (Lipinski definition) is 1. The third-order valence-corrected chi connectivity index (χ3v) is 5.27. The average Bonchev–Trinajstić information content (AvgIpc) is 2.73. The number of piperazine rings is 1. The van der Waals surface area contributed by atoms with Gasteiger partial charge in [-0.1, -0.05) is 32.0 Å². The lowest BCUT2D eigenvalue weighted by Crippen LogP contribution is -2.50. The lowest BCUT2D eigenvalue weighted by Gasteiger charge is -2.34. The lowest BCUT2D eigenvalue weighted by molar-refractivity contribution is -0.130. The van der Waals surface area contributed by atoms with Gasteiger partial charge in [0, 0.05) is 45.0 Å². The molecule has 1 aromatic heterocycles. The summed E-state index contributed by atoms with van der Waals surface area (Å²) in [5.41, 5.74) is 4.97. The first-order valence-corrected chi connectivity index (χ1v) is 9.91. The minimum atomic E-state index is -0.0427. The van der Waals surface area contributed by atoms with Crippen LogP contribution in [0.4, 0.5) is 11.4 Å². The molecule has 0 spiro atoms. The molecule has 0 atom stereocenters. The van der Waals surface area contributed by atoms with Crippen molar-refractivity contribution in [2.45, 2.75) is 33.6 Å². The predicted octanol–water partition coefficient (Wildman–Crippen LogP) is 3.25. The predicted molar refractivity (Wildman–Crippen MR) is 111 cm³/mol. The number of para-hydroxylation sites is 1. The SMILES string of the molecule is CCc1cccc(CC)c1Nc1cncc(C(=O)N2CCN(C(C)=O)CC2)c1. The van der Waals surface area contributed by atoms with E-state index in [1.807, 2.05) is 6.07 Å². The monoisotopic (exact) mass is 380 g/mol. The first kappa shape index (κ1) is 19.9. The average molecular weight is 380 g/mol. The van der Waals surface area contributed by atoms with Crippen molar-refractivity contribution in [1.29, 1.82) is 0 Å². The second kappa shape index (κ2) is 8.87. The van der Waals surface area contributed by atoms with Crippen LogP contribution in [-0.2, 0) is 17.6 Å². The number of carbonyl (C=O) groups is 2. The number of hydrogen-bond acceptors (Lipinski definition) is 4. The molecule has 2 amide bonds. The van der Waals surface area contributed by atoms with Crippen molar-refractivity contribution < 1.29 is 9.59 Å². The summed E-state index contributed by atoms with van der Waals surface area (Å²) in [7, 11) is 0. The number of aryl methyl sites for hydroxylation is 2. The number of carbonyl (C=O) groups excluding carboxylic acids is 2.